The highest BCUT2D eigenvalue weighted by molar-refractivity contribution is 6.06. The third kappa shape index (κ3) is 2.31. The molecule has 0 amide bonds. The molecule has 2 aliphatic carbocycles. The molecule has 112 valence electrons. The summed E-state index contributed by atoms with van der Waals surface area (Å²) in [6.45, 7) is 9.38. The Morgan fingerprint density at radius 2 is 2.33 bits per heavy atom. The lowest BCUT2D eigenvalue weighted by Gasteiger charge is -2.37. The van der Waals surface area contributed by atoms with Gasteiger partial charge in [-0.2, -0.15) is 0 Å². The van der Waals surface area contributed by atoms with Crippen molar-refractivity contribution < 1.29 is 0 Å². The van der Waals surface area contributed by atoms with Gasteiger partial charge in [0.2, 0.25) is 0 Å². The molecule has 1 spiro atoms. The Kier molecular flexibility index (Phi) is 2.96. The zero-order valence-corrected chi connectivity index (χ0v) is 12.8. The standard InChI is InChI=1S/C17H24N4/c1-3-18-16-15(14(10-19-16)13-4-5-13)12(2)21-9-8-20-17(11-21)6-7-17/h3,10,13,20H,1,4-9,11H2,2H3,(H,18,19)/b15-12+. The molecule has 2 aliphatic heterocycles. The van der Waals surface area contributed by atoms with Crippen LogP contribution in [0, 0.1) is 5.92 Å². The Hall–Kier alpha value is -1.55. The van der Waals surface area contributed by atoms with E-state index in [1.54, 1.807) is 6.20 Å². The molecule has 4 aliphatic rings. The first-order chi connectivity index (χ1) is 10.2. The van der Waals surface area contributed by atoms with Gasteiger partial charge in [-0.25, -0.2) is 4.99 Å². The van der Waals surface area contributed by atoms with Crippen molar-refractivity contribution in [3.05, 3.63) is 35.8 Å². The van der Waals surface area contributed by atoms with Gasteiger partial charge in [0.25, 0.3) is 0 Å². The smallest absolute Gasteiger partial charge is 0.139 e. The fraction of sp³-hybridized carbons (Fsp3) is 0.588. The molecule has 0 aromatic rings. The van der Waals surface area contributed by atoms with Gasteiger partial charge in [-0.05, 0) is 50.3 Å². The molecule has 2 heterocycles. The van der Waals surface area contributed by atoms with E-state index in [1.165, 1.54) is 42.5 Å². The molecule has 0 bridgehead atoms. The second-order valence-corrected chi connectivity index (χ2v) is 6.77. The average Bonchev–Trinajstić information content (AvgIpc) is 3.41. The second kappa shape index (κ2) is 4.73. The van der Waals surface area contributed by atoms with Gasteiger partial charge in [-0.3, -0.25) is 0 Å². The van der Waals surface area contributed by atoms with Crippen molar-refractivity contribution in [1.82, 2.24) is 15.5 Å². The molecule has 1 saturated heterocycles. The van der Waals surface area contributed by atoms with Crippen LogP contribution in [0.3, 0.4) is 0 Å². The molecule has 2 N–H and O–H groups in total. The third-order valence-electron chi connectivity index (χ3n) is 5.18. The highest BCUT2D eigenvalue weighted by Gasteiger charge is 2.46. The van der Waals surface area contributed by atoms with Gasteiger partial charge < -0.3 is 15.5 Å². The number of rotatable bonds is 3. The van der Waals surface area contributed by atoms with Crippen LogP contribution >= 0.6 is 0 Å². The monoisotopic (exact) mass is 284 g/mol. The SMILES string of the molecule is C=CNC1=NC=C(C2CC2)/C1=C(/C)N1CCNC2(CC2)C1. The largest absolute Gasteiger partial charge is 0.371 e. The lowest BCUT2D eigenvalue weighted by molar-refractivity contribution is 0.233. The zero-order chi connectivity index (χ0) is 14.4. The fourth-order valence-electron chi connectivity index (χ4n) is 3.58. The van der Waals surface area contributed by atoms with E-state index >= 15 is 0 Å². The van der Waals surface area contributed by atoms with E-state index in [0.29, 0.717) is 5.54 Å². The third-order valence-corrected chi connectivity index (χ3v) is 5.18. The van der Waals surface area contributed by atoms with Crippen LogP contribution in [-0.2, 0) is 0 Å². The first-order valence-corrected chi connectivity index (χ1v) is 8.09. The Morgan fingerprint density at radius 3 is 3.00 bits per heavy atom. The predicted octanol–water partition coefficient (Wildman–Crippen LogP) is 2.14. The van der Waals surface area contributed by atoms with Crippen molar-refractivity contribution in [2.45, 2.75) is 38.1 Å². The van der Waals surface area contributed by atoms with E-state index in [2.05, 4.69) is 40.2 Å². The summed E-state index contributed by atoms with van der Waals surface area (Å²) in [5, 5.41) is 6.91. The summed E-state index contributed by atoms with van der Waals surface area (Å²) in [6.07, 6.45) is 9.07. The maximum absolute atomic E-state index is 4.59. The van der Waals surface area contributed by atoms with Gasteiger partial charge in [0.05, 0.1) is 0 Å². The number of piperazine rings is 1. The molecule has 0 atom stereocenters. The summed E-state index contributed by atoms with van der Waals surface area (Å²) in [5.41, 5.74) is 4.55. The van der Waals surface area contributed by atoms with Crippen LogP contribution in [0.2, 0.25) is 0 Å². The molecule has 0 radical (unpaired) electrons. The van der Waals surface area contributed by atoms with Gasteiger partial charge in [0, 0.05) is 42.6 Å². The lowest BCUT2D eigenvalue weighted by Crippen LogP contribution is -2.52. The van der Waals surface area contributed by atoms with Crippen LogP contribution in [0.25, 0.3) is 0 Å². The van der Waals surface area contributed by atoms with Gasteiger partial charge in [-0.15, -0.1) is 0 Å². The molecule has 3 fully saturated rings. The Bertz CT molecular complexity index is 561. The normalized spacial score (nSPS) is 29.1. The lowest BCUT2D eigenvalue weighted by atomic mass is 9.99. The quantitative estimate of drug-likeness (QED) is 0.834. The summed E-state index contributed by atoms with van der Waals surface area (Å²) >= 11 is 0. The molecular formula is C17H24N4. The summed E-state index contributed by atoms with van der Waals surface area (Å²) in [7, 11) is 0. The van der Waals surface area contributed by atoms with Gasteiger partial charge in [0.1, 0.15) is 5.84 Å². The minimum atomic E-state index is 0.408. The molecule has 0 aromatic heterocycles. The van der Waals surface area contributed by atoms with Crippen LogP contribution in [0.5, 0.6) is 0 Å². The van der Waals surface area contributed by atoms with E-state index in [0.717, 1.165) is 31.4 Å². The summed E-state index contributed by atoms with van der Waals surface area (Å²) in [4.78, 5) is 7.15. The number of aliphatic imine (C=N–C) groups is 1. The molecule has 21 heavy (non-hydrogen) atoms. The van der Waals surface area contributed by atoms with Crippen LogP contribution < -0.4 is 10.6 Å². The van der Waals surface area contributed by atoms with Gasteiger partial charge in [0.15, 0.2) is 0 Å². The van der Waals surface area contributed by atoms with Crippen molar-refractivity contribution in [2.24, 2.45) is 10.9 Å². The first-order valence-electron chi connectivity index (χ1n) is 8.09. The topological polar surface area (TPSA) is 39.7 Å². The van der Waals surface area contributed by atoms with E-state index in [9.17, 15) is 0 Å². The van der Waals surface area contributed by atoms with Crippen LogP contribution in [0.4, 0.5) is 0 Å². The van der Waals surface area contributed by atoms with E-state index in [1.807, 2.05) is 0 Å². The summed E-state index contributed by atoms with van der Waals surface area (Å²) in [6, 6.07) is 0. The predicted molar refractivity (Wildman–Crippen MR) is 85.8 cm³/mol. The zero-order valence-electron chi connectivity index (χ0n) is 12.8. The highest BCUT2D eigenvalue weighted by atomic mass is 15.3. The van der Waals surface area contributed by atoms with Crippen LogP contribution in [-0.4, -0.2) is 35.9 Å². The van der Waals surface area contributed by atoms with Crippen LogP contribution in [0.15, 0.2) is 40.8 Å². The first kappa shape index (κ1) is 13.1. The average molecular weight is 284 g/mol. The number of nitrogens with one attached hydrogen (secondary N) is 2. The van der Waals surface area contributed by atoms with Crippen molar-refractivity contribution in [3.63, 3.8) is 0 Å². The Balaban J connectivity index is 1.64. The molecule has 4 rings (SSSR count). The van der Waals surface area contributed by atoms with E-state index in [-0.39, 0.29) is 0 Å². The van der Waals surface area contributed by atoms with Crippen molar-refractivity contribution in [3.8, 4) is 0 Å². The summed E-state index contributed by atoms with van der Waals surface area (Å²) in [5.74, 6) is 1.70. The second-order valence-electron chi connectivity index (χ2n) is 6.77. The van der Waals surface area contributed by atoms with Crippen LogP contribution in [0.1, 0.15) is 32.6 Å². The van der Waals surface area contributed by atoms with Gasteiger partial charge >= 0.3 is 0 Å². The fourth-order valence-corrected chi connectivity index (χ4v) is 3.58. The number of hydrogen-bond acceptors (Lipinski definition) is 4. The summed E-state index contributed by atoms with van der Waals surface area (Å²) < 4.78 is 0. The minimum absolute atomic E-state index is 0.408. The molecule has 4 heteroatoms. The Morgan fingerprint density at radius 1 is 1.52 bits per heavy atom. The number of nitrogens with zero attached hydrogens (tertiary/aromatic N) is 2. The van der Waals surface area contributed by atoms with E-state index in [4.69, 9.17) is 0 Å². The molecule has 2 saturated carbocycles. The Labute approximate surface area is 126 Å². The molecular weight excluding hydrogens is 260 g/mol. The maximum Gasteiger partial charge on any atom is 0.139 e. The minimum Gasteiger partial charge on any atom is -0.371 e. The number of hydrogen-bond donors (Lipinski definition) is 2. The van der Waals surface area contributed by atoms with Crippen molar-refractivity contribution in [2.75, 3.05) is 19.6 Å². The van der Waals surface area contributed by atoms with Crippen molar-refractivity contribution >= 4 is 5.84 Å². The molecule has 0 unspecified atom stereocenters. The highest BCUT2D eigenvalue weighted by Crippen LogP contribution is 2.44. The van der Waals surface area contributed by atoms with E-state index < -0.39 is 0 Å². The van der Waals surface area contributed by atoms with Gasteiger partial charge in [-0.1, -0.05) is 6.58 Å². The molecule has 4 nitrogen and oxygen atoms in total. The maximum atomic E-state index is 4.59. The van der Waals surface area contributed by atoms with Crippen molar-refractivity contribution in [1.29, 1.82) is 0 Å². The number of amidine groups is 1. The molecule has 0 aromatic carbocycles. The number of allylic oxidation sites excluding steroid dienone is 1.